The largest absolute Gasteiger partial charge is 0.353 e. The fourth-order valence-electron chi connectivity index (χ4n) is 3.09. The molecule has 1 aromatic carbocycles. The summed E-state index contributed by atoms with van der Waals surface area (Å²) < 4.78 is 0. The third-order valence-electron chi connectivity index (χ3n) is 4.34. The predicted molar refractivity (Wildman–Crippen MR) is 90.9 cm³/mol. The molecule has 4 rings (SSSR count). The smallest absolute Gasteiger partial charge is 0.275 e. The molecule has 0 spiro atoms. The number of nitrogens with one attached hydrogen (secondary N) is 1. The Morgan fingerprint density at radius 1 is 1.04 bits per heavy atom. The van der Waals surface area contributed by atoms with Crippen LogP contribution in [0.25, 0.3) is 10.9 Å². The van der Waals surface area contributed by atoms with Gasteiger partial charge < -0.3 is 9.80 Å². The molecule has 1 aliphatic rings. The third-order valence-corrected chi connectivity index (χ3v) is 4.34. The molecule has 24 heavy (non-hydrogen) atoms. The maximum absolute atomic E-state index is 12.9. The summed E-state index contributed by atoms with van der Waals surface area (Å²) in [6.07, 6.45) is 2.56. The quantitative estimate of drug-likeness (QED) is 0.777. The van der Waals surface area contributed by atoms with Crippen LogP contribution in [0.4, 0.5) is 5.82 Å². The molecule has 3 aromatic rings. The van der Waals surface area contributed by atoms with E-state index in [0.29, 0.717) is 12.2 Å². The Bertz CT molecular complexity index is 846. The lowest BCUT2D eigenvalue weighted by Crippen LogP contribution is -2.35. The highest BCUT2D eigenvalue weighted by Gasteiger charge is 2.24. The molecule has 0 aliphatic carbocycles. The van der Waals surface area contributed by atoms with Crippen LogP contribution in [-0.4, -0.2) is 57.4 Å². The zero-order valence-electron chi connectivity index (χ0n) is 13.2. The van der Waals surface area contributed by atoms with Crippen LogP contribution in [0.1, 0.15) is 16.9 Å². The molecule has 7 nitrogen and oxygen atoms in total. The molecule has 3 heterocycles. The van der Waals surface area contributed by atoms with Gasteiger partial charge in [0, 0.05) is 37.8 Å². The number of fused-ring (bicyclic) bond motifs is 1. The van der Waals surface area contributed by atoms with E-state index >= 15 is 0 Å². The van der Waals surface area contributed by atoms with Gasteiger partial charge in [-0.3, -0.25) is 9.89 Å². The number of amides is 1. The molecule has 1 fully saturated rings. The van der Waals surface area contributed by atoms with E-state index in [9.17, 15) is 4.79 Å². The van der Waals surface area contributed by atoms with Crippen molar-refractivity contribution in [3.8, 4) is 0 Å². The average molecular weight is 322 g/mol. The van der Waals surface area contributed by atoms with Crippen LogP contribution in [0, 0.1) is 0 Å². The monoisotopic (exact) mass is 322 g/mol. The first-order chi connectivity index (χ1) is 11.8. The summed E-state index contributed by atoms with van der Waals surface area (Å²) in [7, 11) is 0. The molecular formula is C17H18N6O. The highest BCUT2D eigenvalue weighted by molar-refractivity contribution is 6.04. The third kappa shape index (κ3) is 2.68. The van der Waals surface area contributed by atoms with Crippen molar-refractivity contribution in [2.75, 3.05) is 31.1 Å². The van der Waals surface area contributed by atoms with Crippen LogP contribution >= 0.6 is 0 Å². The van der Waals surface area contributed by atoms with E-state index in [-0.39, 0.29) is 5.91 Å². The van der Waals surface area contributed by atoms with Gasteiger partial charge in [0.2, 0.25) is 0 Å². The number of carbonyl (C=O) groups excluding carboxylic acids is 1. The summed E-state index contributed by atoms with van der Waals surface area (Å²) in [6, 6.07) is 11.5. The lowest BCUT2D eigenvalue weighted by atomic mass is 10.2. The molecule has 1 saturated heterocycles. The summed E-state index contributed by atoms with van der Waals surface area (Å²) in [5.74, 6) is 0.838. The number of aromatic nitrogens is 4. The number of hydrogen-bond donors (Lipinski definition) is 1. The minimum atomic E-state index is -0.0200. The van der Waals surface area contributed by atoms with Crippen molar-refractivity contribution in [3.63, 3.8) is 0 Å². The van der Waals surface area contributed by atoms with E-state index in [1.54, 1.807) is 6.20 Å². The van der Waals surface area contributed by atoms with Crippen molar-refractivity contribution in [2.45, 2.75) is 6.42 Å². The van der Waals surface area contributed by atoms with Gasteiger partial charge in [0.1, 0.15) is 0 Å². The fraction of sp³-hybridized carbons (Fsp3) is 0.294. The number of aromatic amines is 1. The van der Waals surface area contributed by atoms with Gasteiger partial charge in [-0.15, -0.1) is 5.10 Å². The first-order valence-corrected chi connectivity index (χ1v) is 8.08. The van der Waals surface area contributed by atoms with Gasteiger partial charge in [-0.2, -0.15) is 10.2 Å². The minimum absolute atomic E-state index is 0.0200. The van der Waals surface area contributed by atoms with Gasteiger partial charge in [-0.1, -0.05) is 18.2 Å². The summed E-state index contributed by atoms with van der Waals surface area (Å²) in [5, 5.41) is 16.1. The van der Waals surface area contributed by atoms with E-state index in [0.717, 1.165) is 42.8 Å². The zero-order valence-corrected chi connectivity index (χ0v) is 13.2. The molecule has 2 aromatic heterocycles. The number of benzene rings is 1. The second-order valence-corrected chi connectivity index (χ2v) is 5.83. The van der Waals surface area contributed by atoms with Crippen LogP contribution in [0.5, 0.6) is 0 Å². The van der Waals surface area contributed by atoms with Gasteiger partial charge in [0.15, 0.2) is 11.5 Å². The van der Waals surface area contributed by atoms with Gasteiger partial charge in [0.25, 0.3) is 5.91 Å². The summed E-state index contributed by atoms with van der Waals surface area (Å²) in [6.45, 7) is 2.98. The number of hydrogen-bond acceptors (Lipinski definition) is 5. The molecule has 1 amide bonds. The van der Waals surface area contributed by atoms with Crippen molar-refractivity contribution in [1.82, 2.24) is 25.3 Å². The Kier molecular flexibility index (Phi) is 3.82. The first-order valence-electron chi connectivity index (χ1n) is 8.08. The number of carbonyl (C=O) groups is 1. The molecular weight excluding hydrogens is 304 g/mol. The van der Waals surface area contributed by atoms with Crippen molar-refractivity contribution >= 4 is 22.6 Å². The van der Waals surface area contributed by atoms with Crippen LogP contribution < -0.4 is 4.90 Å². The predicted octanol–water partition coefficient (Wildman–Crippen LogP) is 1.71. The Labute approximate surface area is 139 Å². The average Bonchev–Trinajstić information content (AvgIpc) is 2.91. The van der Waals surface area contributed by atoms with Gasteiger partial charge in [-0.05, 0) is 24.6 Å². The molecule has 0 unspecified atom stereocenters. The van der Waals surface area contributed by atoms with Gasteiger partial charge in [0.05, 0.1) is 5.52 Å². The Hall–Kier alpha value is -2.96. The second kappa shape index (κ2) is 6.27. The standard InChI is InChI=1S/C17H18N6O/c24-17(16-13-5-1-2-6-14(13)19-21-16)23-10-4-9-22(11-12-23)15-7-3-8-18-20-15/h1-3,5-8H,4,9-12H2,(H,19,21). The van der Waals surface area contributed by atoms with E-state index in [4.69, 9.17) is 0 Å². The highest BCUT2D eigenvalue weighted by Crippen LogP contribution is 2.18. The number of rotatable bonds is 2. The summed E-state index contributed by atoms with van der Waals surface area (Å²) >= 11 is 0. The number of anilines is 1. The van der Waals surface area contributed by atoms with Crippen LogP contribution in [0.2, 0.25) is 0 Å². The Morgan fingerprint density at radius 2 is 1.96 bits per heavy atom. The number of para-hydroxylation sites is 1. The normalized spacial score (nSPS) is 15.5. The number of nitrogens with zero attached hydrogens (tertiary/aromatic N) is 5. The number of H-pyrrole nitrogens is 1. The molecule has 7 heteroatoms. The maximum atomic E-state index is 12.9. The molecule has 0 atom stereocenters. The summed E-state index contributed by atoms with van der Waals surface area (Å²) in [4.78, 5) is 16.9. The van der Waals surface area contributed by atoms with Crippen LogP contribution in [0.15, 0.2) is 42.6 Å². The Morgan fingerprint density at radius 3 is 2.83 bits per heavy atom. The highest BCUT2D eigenvalue weighted by atomic mass is 16.2. The topological polar surface area (TPSA) is 78.0 Å². The van der Waals surface area contributed by atoms with E-state index in [1.165, 1.54) is 0 Å². The molecule has 122 valence electrons. The zero-order chi connectivity index (χ0) is 16.4. The van der Waals surface area contributed by atoms with Gasteiger partial charge >= 0.3 is 0 Å². The van der Waals surface area contributed by atoms with Crippen molar-refractivity contribution in [2.24, 2.45) is 0 Å². The van der Waals surface area contributed by atoms with Gasteiger partial charge in [-0.25, -0.2) is 0 Å². The molecule has 1 aliphatic heterocycles. The second-order valence-electron chi connectivity index (χ2n) is 5.83. The van der Waals surface area contributed by atoms with Crippen molar-refractivity contribution in [3.05, 3.63) is 48.3 Å². The SMILES string of the molecule is O=C(c1n[nH]c2ccccc12)N1CCCN(c2cccnn2)CC1. The van der Waals surface area contributed by atoms with Crippen molar-refractivity contribution in [1.29, 1.82) is 0 Å². The van der Waals surface area contributed by atoms with Crippen molar-refractivity contribution < 1.29 is 4.79 Å². The van der Waals surface area contributed by atoms with E-state index < -0.39 is 0 Å². The minimum Gasteiger partial charge on any atom is -0.353 e. The Balaban J connectivity index is 1.52. The lowest BCUT2D eigenvalue weighted by molar-refractivity contribution is 0.0763. The summed E-state index contributed by atoms with van der Waals surface area (Å²) in [5.41, 5.74) is 1.38. The van der Waals surface area contributed by atoms with Crippen LogP contribution in [0.3, 0.4) is 0 Å². The van der Waals surface area contributed by atoms with E-state index in [2.05, 4.69) is 25.3 Å². The van der Waals surface area contributed by atoms with E-state index in [1.807, 2.05) is 41.3 Å². The van der Waals surface area contributed by atoms with Crippen LogP contribution in [-0.2, 0) is 0 Å². The molecule has 0 radical (unpaired) electrons. The fourth-order valence-corrected chi connectivity index (χ4v) is 3.09. The molecule has 0 saturated carbocycles. The lowest BCUT2D eigenvalue weighted by Gasteiger charge is -2.22. The maximum Gasteiger partial charge on any atom is 0.275 e. The molecule has 1 N–H and O–H groups in total. The molecule has 0 bridgehead atoms. The first kappa shape index (κ1) is 14.6.